The number of pyridine rings is 1. The molecule has 2 aliphatic heterocycles. The van der Waals surface area contributed by atoms with Crippen LogP contribution < -0.4 is 10.2 Å². The Morgan fingerprint density at radius 1 is 1.21 bits per heavy atom. The highest BCUT2D eigenvalue weighted by Gasteiger charge is 2.28. The number of carbonyl (C=O) groups excluding carboxylic acids is 1. The average molecular weight is 347 g/mol. The monoisotopic (exact) mass is 346 g/mol. The van der Waals surface area contributed by atoms with Crippen molar-refractivity contribution in [2.24, 2.45) is 0 Å². The number of fused-ring (bicyclic) bond motifs is 1. The largest absolute Gasteiger partial charge is 0.353 e. The van der Waals surface area contributed by atoms with Crippen LogP contribution in [-0.4, -0.2) is 58.7 Å². The third-order valence-corrected chi connectivity index (χ3v) is 4.84. The molecule has 0 spiro atoms. The zero-order chi connectivity index (χ0) is 16.5. The van der Waals surface area contributed by atoms with E-state index < -0.39 is 0 Å². The Kier molecular flexibility index (Phi) is 4.12. The molecule has 0 saturated carbocycles. The third kappa shape index (κ3) is 2.85. The van der Waals surface area contributed by atoms with Gasteiger partial charge in [-0.3, -0.25) is 9.89 Å². The van der Waals surface area contributed by atoms with E-state index in [1.807, 2.05) is 17.0 Å². The lowest BCUT2D eigenvalue weighted by atomic mass is 10.1. The standard InChI is InChI=1S/C16H19ClN6O/c17-11-1-2-14(19-9-11)22-5-7-23(8-6-22)16(24)15-12-10-18-4-3-13(12)20-21-15/h1-2,9,18H,3-8,10H2,(H,20,21). The second kappa shape index (κ2) is 6.41. The van der Waals surface area contributed by atoms with Crippen molar-refractivity contribution in [2.75, 3.05) is 37.6 Å². The Bertz CT molecular complexity index is 736. The molecule has 24 heavy (non-hydrogen) atoms. The van der Waals surface area contributed by atoms with Crippen LogP contribution >= 0.6 is 11.6 Å². The number of aromatic amines is 1. The molecular formula is C16H19ClN6O. The molecule has 1 amide bonds. The van der Waals surface area contributed by atoms with Crippen molar-refractivity contribution >= 4 is 23.3 Å². The molecule has 126 valence electrons. The molecule has 0 bridgehead atoms. The molecule has 7 nitrogen and oxygen atoms in total. The molecule has 2 N–H and O–H groups in total. The zero-order valence-electron chi connectivity index (χ0n) is 13.3. The molecule has 4 rings (SSSR count). The molecule has 2 aromatic rings. The molecule has 0 unspecified atom stereocenters. The number of nitrogens with zero attached hydrogens (tertiary/aromatic N) is 4. The van der Waals surface area contributed by atoms with Gasteiger partial charge in [0.1, 0.15) is 5.82 Å². The average Bonchev–Trinajstić information content (AvgIpc) is 3.06. The van der Waals surface area contributed by atoms with E-state index in [4.69, 9.17) is 11.6 Å². The summed E-state index contributed by atoms with van der Waals surface area (Å²) in [7, 11) is 0. The maximum atomic E-state index is 12.8. The molecule has 2 aromatic heterocycles. The third-order valence-electron chi connectivity index (χ3n) is 4.61. The number of amides is 1. The summed E-state index contributed by atoms with van der Waals surface area (Å²) in [5, 5.41) is 11.2. The van der Waals surface area contributed by atoms with Gasteiger partial charge in [-0.15, -0.1) is 0 Å². The summed E-state index contributed by atoms with van der Waals surface area (Å²) < 4.78 is 0. The number of H-pyrrole nitrogens is 1. The quantitative estimate of drug-likeness (QED) is 0.850. The molecule has 0 aliphatic carbocycles. The number of nitrogens with one attached hydrogen (secondary N) is 2. The first kappa shape index (κ1) is 15.4. The van der Waals surface area contributed by atoms with Gasteiger partial charge in [0.2, 0.25) is 0 Å². The predicted molar refractivity (Wildman–Crippen MR) is 91.4 cm³/mol. The molecule has 4 heterocycles. The number of anilines is 1. The molecule has 0 atom stereocenters. The van der Waals surface area contributed by atoms with E-state index in [1.54, 1.807) is 6.20 Å². The lowest BCUT2D eigenvalue weighted by molar-refractivity contribution is 0.0739. The van der Waals surface area contributed by atoms with Gasteiger partial charge in [0.15, 0.2) is 5.69 Å². The minimum absolute atomic E-state index is 0.0138. The molecule has 2 aliphatic rings. The van der Waals surface area contributed by atoms with E-state index in [9.17, 15) is 4.79 Å². The highest BCUT2D eigenvalue weighted by Crippen LogP contribution is 2.20. The topological polar surface area (TPSA) is 77.2 Å². The van der Waals surface area contributed by atoms with Gasteiger partial charge in [0.25, 0.3) is 5.91 Å². The Morgan fingerprint density at radius 2 is 2.04 bits per heavy atom. The lowest BCUT2D eigenvalue weighted by Crippen LogP contribution is -2.49. The maximum absolute atomic E-state index is 12.8. The van der Waals surface area contributed by atoms with Crippen LogP contribution in [0.4, 0.5) is 5.82 Å². The van der Waals surface area contributed by atoms with Crippen molar-refractivity contribution < 1.29 is 4.79 Å². The van der Waals surface area contributed by atoms with Crippen LogP contribution in [0.3, 0.4) is 0 Å². The van der Waals surface area contributed by atoms with E-state index >= 15 is 0 Å². The van der Waals surface area contributed by atoms with Crippen molar-refractivity contribution in [2.45, 2.75) is 13.0 Å². The first-order valence-electron chi connectivity index (χ1n) is 8.15. The Balaban J connectivity index is 1.43. The molecule has 0 radical (unpaired) electrons. The minimum Gasteiger partial charge on any atom is -0.353 e. The Labute approximate surface area is 145 Å². The number of piperazine rings is 1. The fourth-order valence-corrected chi connectivity index (χ4v) is 3.36. The SMILES string of the molecule is O=C(c1n[nH]c2c1CNCC2)N1CCN(c2ccc(Cl)cn2)CC1. The van der Waals surface area contributed by atoms with Gasteiger partial charge in [0.05, 0.1) is 5.02 Å². The van der Waals surface area contributed by atoms with Crippen molar-refractivity contribution in [3.8, 4) is 0 Å². The maximum Gasteiger partial charge on any atom is 0.274 e. The first-order valence-corrected chi connectivity index (χ1v) is 8.53. The summed E-state index contributed by atoms with van der Waals surface area (Å²) in [5.74, 6) is 0.910. The molecular weight excluding hydrogens is 328 g/mol. The molecule has 0 aromatic carbocycles. The Hall–Kier alpha value is -2.12. The lowest BCUT2D eigenvalue weighted by Gasteiger charge is -2.35. The van der Waals surface area contributed by atoms with Gasteiger partial charge in [0, 0.05) is 63.1 Å². The molecule has 8 heteroatoms. The van der Waals surface area contributed by atoms with Gasteiger partial charge in [-0.25, -0.2) is 4.98 Å². The number of hydrogen-bond acceptors (Lipinski definition) is 5. The van der Waals surface area contributed by atoms with E-state index in [0.29, 0.717) is 30.4 Å². The van der Waals surface area contributed by atoms with Gasteiger partial charge in [-0.2, -0.15) is 5.10 Å². The van der Waals surface area contributed by atoms with Gasteiger partial charge in [-0.1, -0.05) is 11.6 Å². The first-order chi connectivity index (χ1) is 11.7. The summed E-state index contributed by atoms with van der Waals surface area (Å²) in [6.45, 7) is 4.48. The van der Waals surface area contributed by atoms with Crippen LogP contribution in [0.2, 0.25) is 5.02 Å². The number of aromatic nitrogens is 3. The summed E-state index contributed by atoms with van der Waals surface area (Å²) in [6, 6.07) is 3.75. The smallest absolute Gasteiger partial charge is 0.274 e. The van der Waals surface area contributed by atoms with Crippen LogP contribution in [0.15, 0.2) is 18.3 Å². The number of rotatable bonds is 2. The van der Waals surface area contributed by atoms with Crippen LogP contribution in [0.1, 0.15) is 21.7 Å². The summed E-state index contributed by atoms with van der Waals surface area (Å²) in [4.78, 5) is 21.2. The molecule has 1 saturated heterocycles. The minimum atomic E-state index is 0.0138. The van der Waals surface area contributed by atoms with Gasteiger partial charge >= 0.3 is 0 Å². The second-order valence-corrected chi connectivity index (χ2v) is 6.51. The van der Waals surface area contributed by atoms with Gasteiger partial charge < -0.3 is 15.1 Å². The Morgan fingerprint density at radius 3 is 2.79 bits per heavy atom. The van der Waals surface area contributed by atoms with Crippen LogP contribution in [0.25, 0.3) is 0 Å². The highest BCUT2D eigenvalue weighted by atomic mass is 35.5. The van der Waals surface area contributed by atoms with Gasteiger partial charge in [-0.05, 0) is 12.1 Å². The van der Waals surface area contributed by atoms with Crippen molar-refractivity contribution in [3.05, 3.63) is 40.3 Å². The zero-order valence-corrected chi connectivity index (χ0v) is 14.0. The normalized spacial score (nSPS) is 17.7. The highest BCUT2D eigenvalue weighted by molar-refractivity contribution is 6.30. The van der Waals surface area contributed by atoms with Crippen LogP contribution in [0.5, 0.6) is 0 Å². The number of carbonyl (C=O) groups is 1. The van der Waals surface area contributed by atoms with E-state index in [-0.39, 0.29) is 5.91 Å². The summed E-state index contributed by atoms with van der Waals surface area (Å²) in [6.07, 6.45) is 2.54. The van der Waals surface area contributed by atoms with Crippen LogP contribution in [0, 0.1) is 0 Å². The number of hydrogen-bond donors (Lipinski definition) is 2. The fourth-order valence-electron chi connectivity index (χ4n) is 3.25. The van der Waals surface area contributed by atoms with E-state index in [0.717, 1.165) is 43.1 Å². The summed E-state index contributed by atoms with van der Waals surface area (Å²) in [5.41, 5.74) is 2.67. The van der Waals surface area contributed by atoms with Crippen LogP contribution in [-0.2, 0) is 13.0 Å². The summed E-state index contributed by atoms with van der Waals surface area (Å²) >= 11 is 5.88. The van der Waals surface area contributed by atoms with Crippen molar-refractivity contribution in [3.63, 3.8) is 0 Å². The number of halogens is 1. The van der Waals surface area contributed by atoms with E-state index in [1.165, 1.54) is 0 Å². The molecule has 1 fully saturated rings. The van der Waals surface area contributed by atoms with Crippen molar-refractivity contribution in [1.29, 1.82) is 0 Å². The van der Waals surface area contributed by atoms with Crippen molar-refractivity contribution in [1.82, 2.24) is 25.4 Å². The van der Waals surface area contributed by atoms with E-state index in [2.05, 4.69) is 25.4 Å². The predicted octanol–water partition coefficient (Wildman–Crippen LogP) is 1.07. The second-order valence-electron chi connectivity index (χ2n) is 6.07. The fraction of sp³-hybridized carbons (Fsp3) is 0.438.